The van der Waals surface area contributed by atoms with Crippen LogP contribution in [-0.4, -0.2) is 9.36 Å². The lowest BCUT2D eigenvalue weighted by Crippen LogP contribution is -2.16. The molecule has 0 radical (unpaired) electrons. The van der Waals surface area contributed by atoms with Crippen LogP contribution >= 0.6 is 0 Å². The van der Waals surface area contributed by atoms with Gasteiger partial charge in [0, 0.05) is 14.1 Å². The summed E-state index contributed by atoms with van der Waals surface area (Å²) in [5.74, 6) is 0. The van der Waals surface area contributed by atoms with Crippen LogP contribution in [0.25, 0.3) is 10.9 Å². The molecule has 0 aliphatic heterocycles. The number of hydrogen-bond acceptors (Lipinski definition) is 2. The molecule has 0 aliphatic carbocycles. The summed E-state index contributed by atoms with van der Waals surface area (Å²) in [4.78, 5) is 11.7. The predicted molar refractivity (Wildman–Crippen MR) is 52.9 cm³/mol. The van der Waals surface area contributed by atoms with Crippen LogP contribution in [0.4, 0.5) is 0 Å². The second-order valence-corrected chi connectivity index (χ2v) is 3.16. The third kappa shape index (κ3) is 0.895. The largest absolute Gasteiger partial charge is 0.285 e. The summed E-state index contributed by atoms with van der Waals surface area (Å²) in [6.07, 6.45) is 0. The molecular weight excluding hydrogens is 178 g/mol. The zero-order valence-electron chi connectivity index (χ0n) is 7.98. The van der Waals surface area contributed by atoms with E-state index in [1.54, 1.807) is 30.9 Å². The van der Waals surface area contributed by atoms with Gasteiger partial charge in [-0.3, -0.25) is 14.2 Å². The number of aryl methyl sites for hydroxylation is 1. The van der Waals surface area contributed by atoms with Crippen molar-refractivity contribution in [1.29, 1.82) is 5.26 Å². The van der Waals surface area contributed by atoms with E-state index in [1.165, 1.54) is 4.68 Å². The number of benzene rings is 1. The maximum absolute atomic E-state index is 11.7. The molecule has 0 saturated carbocycles. The zero-order valence-corrected chi connectivity index (χ0v) is 7.98. The summed E-state index contributed by atoms with van der Waals surface area (Å²) in [5.41, 5.74) is 1.10. The molecule has 0 bridgehead atoms. The highest BCUT2D eigenvalue weighted by molar-refractivity contribution is 5.84. The molecule has 0 saturated heterocycles. The summed E-state index contributed by atoms with van der Waals surface area (Å²) >= 11 is 0. The van der Waals surface area contributed by atoms with E-state index >= 15 is 0 Å². The Bertz CT molecular complexity index is 598. The van der Waals surface area contributed by atoms with Crippen LogP contribution in [0.2, 0.25) is 0 Å². The monoisotopic (exact) mass is 187 g/mol. The Morgan fingerprint density at radius 2 is 2.00 bits per heavy atom. The van der Waals surface area contributed by atoms with Crippen molar-refractivity contribution in [3.05, 3.63) is 34.1 Å². The summed E-state index contributed by atoms with van der Waals surface area (Å²) in [6, 6.07) is 7.29. The number of hydrogen-bond donors (Lipinski definition) is 0. The Morgan fingerprint density at radius 1 is 1.29 bits per heavy atom. The molecule has 1 aromatic carbocycles. The average Bonchev–Trinajstić information content (AvgIpc) is 2.44. The highest BCUT2D eigenvalue weighted by Crippen LogP contribution is 2.13. The molecule has 2 aromatic rings. The molecule has 0 N–H and O–H groups in total. The van der Waals surface area contributed by atoms with Crippen molar-refractivity contribution in [2.45, 2.75) is 0 Å². The standard InChI is InChI=1S/C10H9N3O/c1-12-8-5-3-4-7(6-11)9(8)10(14)13(12)2/h3-5H,1-2H3. The fraction of sp³-hybridized carbons (Fsp3) is 0.200. The van der Waals surface area contributed by atoms with Gasteiger partial charge in [0.25, 0.3) is 5.56 Å². The minimum absolute atomic E-state index is 0.125. The fourth-order valence-electron chi connectivity index (χ4n) is 1.59. The lowest BCUT2D eigenvalue weighted by molar-refractivity contribution is 0.595. The molecule has 2 rings (SSSR count). The van der Waals surface area contributed by atoms with Gasteiger partial charge in [-0.15, -0.1) is 0 Å². The quantitative estimate of drug-likeness (QED) is 0.611. The first-order chi connectivity index (χ1) is 6.66. The first kappa shape index (κ1) is 8.57. The Hall–Kier alpha value is -2.02. The van der Waals surface area contributed by atoms with Gasteiger partial charge in [0.1, 0.15) is 6.07 Å². The summed E-state index contributed by atoms with van der Waals surface area (Å²) in [7, 11) is 3.48. The van der Waals surface area contributed by atoms with E-state index in [2.05, 4.69) is 0 Å². The van der Waals surface area contributed by atoms with Crippen LogP contribution in [0, 0.1) is 11.3 Å². The lowest BCUT2D eigenvalue weighted by Gasteiger charge is -1.98. The predicted octanol–water partition coefficient (Wildman–Crippen LogP) is 0.749. The van der Waals surface area contributed by atoms with Gasteiger partial charge in [-0.05, 0) is 12.1 Å². The topological polar surface area (TPSA) is 50.7 Å². The Morgan fingerprint density at radius 3 is 2.64 bits per heavy atom. The van der Waals surface area contributed by atoms with Crippen molar-refractivity contribution in [3.63, 3.8) is 0 Å². The SMILES string of the molecule is Cn1c(=O)c2c(C#N)cccc2n1C. The molecule has 1 aromatic heterocycles. The zero-order chi connectivity index (χ0) is 10.3. The highest BCUT2D eigenvalue weighted by atomic mass is 16.1. The second-order valence-electron chi connectivity index (χ2n) is 3.16. The van der Waals surface area contributed by atoms with E-state index < -0.39 is 0 Å². The Kier molecular flexibility index (Phi) is 1.68. The minimum atomic E-state index is -0.125. The molecule has 70 valence electrons. The highest BCUT2D eigenvalue weighted by Gasteiger charge is 2.10. The smallest absolute Gasteiger partial charge is 0.275 e. The van der Waals surface area contributed by atoms with Crippen LogP contribution in [0.15, 0.2) is 23.0 Å². The molecular formula is C10H9N3O. The lowest BCUT2D eigenvalue weighted by atomic mass is 10.1. The maximum Gasteiger partial charge on any atom is 0.275 e. The number of nitrogens with zero attached hydrogens (tertiary/aromatic N) is 3. The van der Waals surface area contributed by atoms with Crippen LogP contribution in [0.5, 0.6) is 0 Å². The van der Waals surface area contributed by atoms with E-state index in [1.807, 2.05) is 12.1 Å². The average molecular weight is 187 g/mol. The van der Waals surface area contributed by atoms with Gasteiger partial charge in [0.2, 0.25) is 0 Å². The van der Waals surface area contributed by atoms with E-state index in [4.69, 9.17) is 5.26 Å². The molecule has 0 fully saturated rings. The maximum atomic E-state index is 11.7. The van der Waals surface area contributed by atoms with Crippen molar-refractivity contribution in [2.24, 2.45) is 14.1 Å². The van der Waals surface area contributed by atoms with E-state index in [0.717, 1.165) is 5.52 Å². The van der Waals surface area contributed by atoms with Gasteiger partial charge in [-0.1, -0.05) is 6.07 Å². The summed E-state index contributed by atoms with van der Waals surface area (Å²) in [5, 5.41) is 9.35. The van der Waals surface area contributed by atoms with Gasteiger partial charge in [0.15, 0.2) is 0 Å². The molecule has 1 heterocycles. The molecule has 0 atom stereocenters. The minimum Gasteiger partial charge on any atom is -0.285 e. The second kappa shape index (κ2) is 2.74. The first-order valence-electron chi connectivity index (χ1n) is 4.21. The molecule has 0 amide bonds. The van der Waals surface area contributed by atoms with Crippen molar-refractivity contribution >= 4 is 10.9 Å². The molecule has 0 aliphatic rings. The van der Waals surface area contributed by atoms with Crippen molar-refractivity contribution in [3.8, 4) is 6.07 Å². The van der Waals surface area contributed by atoms with Crippen molar-refractivity contribution in [2.75, 3.05) is 0 Å². The van der Waals surface area contributed by atoms with Crippen LogP contribution in [-0.2, 0) is 14.1 Å². The van der Waals surface area contributed by atoms with Crippen molar-refractivity contribution < 1.29 is 0 Å². The molecule has 4 heteroatoms. The number of aromatic nitrogens is 2. The van der Waals surface area contributed by atoms with Crippen LogP contribution in [0.1, 0.15) is 5.56 Å². The van der Waals surface area contributed by atoms with Crippen LogP contribution in [0.3, 0.4) is 0 Å². The van der Waals surface area contributed by atoms with Crippen molar-refractivity contribution in [1.82, 2.24) is 9.36 Å². The Balaban J connectivity index is 3.12. The van der Waals surface area contributed by atoms with Gasteiger partial charge >= 0.3 is 0 Å². The number of nitriles is 1. The first-order valence-corrected chi connectivity index (χ1v) is 4.21. The third-order valence-electron chi connectivity index (χ3n) is 2.47. The molecule has 0 spiro atoms. The van der Waals surface area contributed by atoms with Crippen LogP contribution < -0.4 is 5.56 Å². The molecule has 14 heavy (non-hydrogen) atoms. The third-order valence-corrected chi connectivity index (χ3v) is 2.47. The summed E-state index contributed by atoms with van der Waals surface area (Å²) in [6.45, 7) is 0. The Labute approximate surface area is 80.6 Å². The van der Waals surface area contributed by atoms with E-state index in [-0.39, 0.29) is 5.56 Å². The van der Waals surface area contributed by atoms with Gasteiger partial charge in [-0.2, -0.15) is 5.26 Å². The number of fused-ring (bicyclic) bond motifs is 1. The molecule has 0 unspecified atom stereocenters. The fourth-order valence-corrected chi connectivity index (χ4v) is 1.59. The van der Waals surface area contributed by atoms with Gasteiger partial charge in [0.05, 0.1) is 16.5 Å². The number of rotatable bonds is 0. The molecule has 4 nitrogen and oxygen atoms in total. The normalized spacial score (nSPS) is 10.4. The van der Waals surface area contributed by atoms with Gasteiger partial charge < -0.3 is 0 Å². The van der Waals surface area contributed by atoms with E-state index in [9.17, 15) is 4.79 Å². The van der Waals surface area contributed by atoms with Gasteiger partial charge in [-0.25, -0.2) is 0 Å². The van der Waals surface area contributed by atoms with E-state index in [0.29, 0.717) is 10.9 Å². The summed E-state index contributed by atoms with van der Waals surface area (Å²) < 4.78 is 3.23.